The largest absolute Gasteiger partial charge is 0.496 e. The molecule has 0 saturated carbocycles. The van der Waals surface area contributed by atoms with E-state index in [4.69, 9.17) is 16.3 Å². The highest BCUT2D eigenvalue weighted by molar-refractivity contribution is 6.68. The number of hydrogen-bond donors (Lipinski definition) is 1. The first-order valence-electron chi connectivity index (χ1n) is 7.93. The van der Waals surface area contributed by atoms with Crippen molar-refractivity contribution < 1.29 is 14.3 Å². The molecule has 0 atom stereocenters. The summed E-state index contributed by atoms with van der Waals surface area (Å²) in [6.45, 7) is 0. The van der Waals surface area contributed by atoms with Crippen LogP contribution < -0.4 is 10.1 Å². The summed E-state index contributed by atoms with van der Waals surface area (Å²) in [6, 6.07) is 22.0. The van der Waals surface area contributed by atoms with Gasteiger partial charge in [0.05, 0.1) is 12.7 Å². The van der Waals surface area contributed by atoms with Gasteiger partial charge in [-0.3, -0.25) is 9.59 Å². The summed E-state index contributed by atoms with van der Waals surface area (Å²) in [4.78, 5) is 23.9. The van der Waals surface area contributed by atoms with Gasteiger partial charge in [0, 0.05) is 11.3 Å². The Morgan fingerprint density at radius 3 is 2.15 bits per heavy atom. The van der Waals surface area contributed by atoms with E-state index in [1.165, 1.54) is 13.2 Å². The van der Waals surface area contributed by atoms with E-state index in [0.29, 0.717) is 17.0 Å². The molecule has 3 aromatic rings. The second kappa shape index (κ2) is 7.85. The van der Waals surface area contributed by atoms with Crippen molar-refractivity contribution in [2.45, 2.75) is 0 Å². The number of amides is 1. The topological polar surface area (TPSA) is 55.4 Å². The minimum Gasteiger partial charge on any atom is -0.496 e. The van der Waals surface area contributed by atoms with Gasteiger partial charge < -0.3 is 10.1 Å². The highest BCUT2D eigenvalue weighted by Gasteiger charge is 2.13. The maximum Gasteiger partial charge on any atom is 0.256 e. The van der Waals surface area contributed by atoms with Gasteiger partial charge in [-0.15, -0.1) is 0 Å². The molecule has 0 radical (unpaired) electrons. The Morgan fingerprint density at radius 1 is 0.885 bits per heavy atom. The maximum atomic E-state index is 12.4. The third-order valence-electron chi connectivity index (χ3n) is 3.92. The third-order valence-corrected chi connectivity index (χ3v) is 4.13. The van der Waals surface area contributed by atoms with Gasteiger partial charge in [0.1, 0.15) is 5.75 Å². The van der Waals surface area contributed by atoms with Crippen LogP contribution in [0.3, 0.4) is 0 Å². The first-order valence-corrected chi connectivity index (χ1v) is 8.31. The Kier molecular flexibility index (Phi) is 5.34. The van der Waals surface area contributed by atoms with Crippen LogP contribution in [0.15, 0.2) is 72.8 Å². The van der Waals surface area contributed by atoms with Gasteiger partial charge in [0.15, 0.2) is 0 Å². The van der Waals surface area contributed by atoms with Crippen LogP contribution in [0.4, 0.5) is 5.69 Å². The highest BCUT2D eigenvalue weighted by Crippen LogP contribution is 2.25. The maximum absolute atomic E-state index is 12.4. The molecule has 0 heterocycles. The van der Waals surface area contributed by atoms with Crippen molar-refractivity contribution in [3.8, 4) is 16.9 Å². The molecule has 0 aromatic heterocycles. The molecule has 0 aliphatic rings. The Balaban J connectivity index is 1.78. The molecule has 1 N–H and O–H groups in total. The van der Waals surface area contributed by atoms with E-state index in [9.17, 15) is 9.59 Å². The lowest BCUT2D eigenvalue weighted by Gasteiger charge is -2.10. The van der Waals surface area contributed by atoms with Crippen molar-refractivity contribution in [1.29, 1.82) is 0 Å². The summed E-state index contributed by atoms with van der Waals surface area (Å²) in [5.41, 5.74) is 3.29. The molecule has 0 bridgehead atoms. The minimum atomic E-state index is -0.648. The lowest BCUT2D eigenvalue weighted by atomic mass is 10.0. The van der Waals surface area contributed by atoms with Crippen LogP contribution in [0, 0.1) is 0 Å². The number of nitrogens with one attached hydrogen (secondary N) is 1. The van der Waals surface area contributed by atoms with Gasteiger partial charge in [-0.25, -0.2) is 0 Å². The summed E-state index contributed by atoms with van der Waals surface area (Å²) in [5.74, 6) is 0.0814. The van der Waals surface area contributed by atoms with E-state index in [1.54, 1.807) is 24.3 Å². The zero-order chi connectivity index (χ0) is 18.5. The molecule has 0 aliphatic heterocycles. The number of carbonyl (C=O) groups is 2. The van der Waals surface area contributed by atoms with Crippen LogP contribution in [-0.2, 0) is 0 Å². The van der Waals surface area contributed by atoms with Crippen LogP contribution in [0.2, 0.25) is 0 Å². The van der Waals surface area contributed by atoms with Crippen LogP contribution in [0.1, 0.15) is 20.7 Å². The Hall–Kier alpha value is -3.11. The van der Waals surface area contributed by atoms with E-state index in [-0.39, 0.29) is 11.5 Å². The van der Waals surface area contributed by atoms with Crippen molar-refractivity contribution in [2.24, 2.45) is 0 Å². The summed E-state index contributed by atoms with van der Waals surface area (Å²) in [5, 5.41) is 2.11. The van der Waals surface area contributed by atoms with Crippen molar-refractivity contribution in [2.75, 3.05) is 12.4 Å². The minimum absolute atomic E-state index is 0.200. The predicted octanol–water partition coefficient (Wildman–Crippen LogP) is 4.99. The van der Waals surface area contributed by atoms with Crippen LogP contribution in [0.25, 0.3) is 11.1 Å². The molecular formula is C21H16ClNO3. The number of halogens is 1. The monoisotopic (exact) mass is 365 g/mol. The standard InChI is InChI=1S/C21H16ClNO3/c1-26-19-12-11-17(13-18(19)20(22)24)23-21(25)16-9-7-15(8-10-16)14-5-3-2-4-6-14/h2-13H,1H3,(H,23,25). The fraction of sp³-hybridized carbons (Fsp3) is 0.0476. The predicted molar refractivity (Wildman–Crippen MR) is 103 cm³/mol. The molecule has 3 aromatic carbocycles. The van der Waals surface area contributed by atoms with Gasteiger partial charge >= 0.3 is 0 Å². The van der Waals surface area contributed by atoms with E-state index >= 15 is 0 Å². The van der Waals surface area contributed by atoms with Crippen molar-refractivity contribution in [3.63, 3.8) is 0 Å². The highest BCUT2D eigenvalue weighted by atomic mass is 35.5. The van der Waals surface area contributed by atoms with Crippen molar-refractivity contribution >= 4 is 28.4 Å². The summed E-state index contributed by atoms with van der Waals surface area (Å²) in [6.07, 6.45) is 0. The van der Waals surface area contributed by atoms with Crippen molar-refractivity contribution in [1.82, 2.24) is 0 Å². The Morgan fingerprint density at radius 2 is 1.54 bits per heavy atom. The first kappa shape index (κ1) is 17.7. The molecular weight excluding hydrogens is 350 g/mol. The molecule has 0 saturated heterocycles. The van der Waals surface area contributed by atoms with Gasteiger partial charge in [-0.05, 0) is 53.1 Å². The number of benzene rings is 3. The smallest absolute Gasteiger partial charge is 0.256 e. The lowest BCUT2D eigenvalue weighted by molar-refractivity contribution is 0.102. The molecule has 0 fully saturated rings. The zero-order valence-corrected chi connectivity index (χ0v) is 14.8. The summed E-state index contributed by atoms with van der Waals surface area (Å²) in [7, 11) is 1.45. The Labute approximate surface area is 156 Å². The second-order valence-electron chi connectivity index (χ2n) is 5.59. The number of hydrogen-bond acceptors (Lipinski definition) is 3. The molecule has 4 nitrogen and oxygen atoms in total. The van der Waals surface area contributed by atoms with Gasteiger partial charge in [-0.2, -0.15) is 0 Å². The van der Waals surface area contributed by atoms with E-state index in [2.05, 4.69) is 5.32 Å². The number of ether oxygens (including phenoxy) is 1. The van der Waals surface area contributed by atoms with E-state index in [1.807, 2.05) is 42.5 Å². The Bertz CT molecular complexity index is 937. The molecule has 3 rings (SSSR count). The van der Waals surface area contributed by atoms with Gasteiger partial charge in [0.2, 0.25) is 0 Å². The summed E-state index contributed by atoms with van der Waals surface area (Å²) < 4.78 is 5.09. The molecule has 0 aliphatic carbocycles. The quantitative estimate of drug-likeness (QED) is 0.648. The fourth-order valence-corrected chi connectivity index (χ4v) is 2.73. The van der Waals surface area contributed by atoms with E-state index < -0.39 is 5.24 Å². The molecule has 26 heavy (non-hydrogen) atoms. The average molecular weight is 366 g/mol. The number of methoxy groups -OCH3 is 1. The molecule has 130 valence electrons. The van der Waals surface area contributed by atoms with Crippen LogP contribution in [-0.4, -0.2) is 18.3 Å². The number of carbonyl (C=O) groups excluding carboxylic acids is 2. The van der Waals surface area contributed by atoms with Crippen molar-refractivity contribution in [3.05, 3.63) is 83.9 Å². The zero-order valence-electron chi connectivity index (χ0n) is 14.0. The van der Waals surface area contributed by atoms with Crippen LogP contribution in [0.5, 0.6) is 5.75 Å². The third kappa shape index (κ3) is 3.92. The second-order valence-corrected chi connectivity index (χ2v) is 5.93. The SMILES string of the molecule is COc1ccc(NC(=O)c2ccc(-c3ccccc3)cc2)cc1C(=O)Cl. The van der Waals surface area contributed by atoms with E-state index in [0.717, 1.165) is 11.1 Å². The van der Waals surface area contributed by atoms with Gasteiger partial charge in [-0.1, -0.05) is 42.5 Å². The average Bonchev–Trinajstić information content (AvgIpc) is 2.68. The fourth-order valence-electron chi connectivity index (χ4n) is 2.59. The molecule has 1 amide bonds. The normalized spacial score (nSPS) is 10.2. The lowest BCUT2D eigenvalue weighted by Crippen LogP contribution is -2.12. The first-order chi connectivity index (χ1) is 12.6. The molecule has 0 unspecified atom stereocenters. The molecule has 5 heteroatoms. The van der Waals surface area contributed by atoms with Gasteiger partial charge in [0.25, 0.3) is 11.1 Å². The number of rotatable bonds is 5. The van der Waals surface area contributed by atoms with Crippen LogP contribution >= 0.6 is 11.6 Å². The number of anilines is 1. The summed E-state index contributed by atoms with van der Waals surface area (Å²) >= 11 is 5.56. The molecule has 0 spiro atoms.